The van der Waals surface area contributed by atoms with Gasteiger partial charge in [-0.25, -0.2) is 9.98 Å². The van der Waals surface area contributed by atoms with Crippen LogP contribution in [0, 0.1) is 6.92 Å². The lowest BCUT2D eigenvalue weighted by Crippen LogP contribution is -2.45. The maximum atomic E-state index is 12.7. The van der Waals surface area contributed by atoms with Gasteiger partial charge in [-0.2, -0.15) is 0 Å². The molecule has 1 aromatic carbocycles. The summed E-state index contributed by atoms with van der Waals surface area (Å²) >= 11 is 0. The number of nitrogens with zero attached hydrogens (tertiary/aromatic N) is 4. The van der Waals surface area contributed by atoms with Crippen molar-refractivity contribution in [2.45, 2.75) is 32.4 Å². The van der Waals surface area contributed by atoms with Crippen molar-refractivity contribution in [2.75, 3.05) is 25.5 Å². The molecule has 2 aromatic rings. The third-order valence-electron chi connectivity index (χ3n) is 4.95. The van der Waals surface area contributed by atoms with Gasteiger partial charge in [0, 0.05) is 30.4 Å². The second kappa shape index (κ2) is 6.94. The number of hydrogen-bond acceptors (Lipinski definition) is 7. The second-order valence-corrected chi connectivity index (χ2v) is 6.86. The predicted molar refractivity (Wildman–Crippen MR) is 103 cm³/mol. The number of piperidine rings is 1. The average Bonchev–Trinajstić information content (AvgIpc) is 2.68. The molecule has 0 radical (unpaired) electrons. The van der Waals surface area contributed by atoms with Crippen molar-refractivity contribution in [3.8, 4) is 11.5 Å². The van der Waals surface area contributed by atoms with Crippen LogP contribution in [0.3, 0.4) is 0 Å². The summed E-state index contributed by atoms with van der Waals surface area (Å²) in [6.45, 7) is 3.65. The van der Waals surface area contributed by atoms with Gasteiger partial charge in [-0.05, 0) is 38.3 Å². The Labute approximate surface area is 157 Å². The van der Waals surface area contributed by atoms with Crippen molar-refractivity contribution in [3.05, 3.63) is 45.9 Å². The fourth-order valence-corrected chi connectivity index (χ4v) is 3.58. The van der Waals surface area contributed by atoms with Crippen molar-refractivity contribution in [1.82, 2.24) is 14.5 Å². The topological polar surface area (TPSA) is 92.0 Å². The normalized spacial score (nSPS) is 19.1. The number of hydrogen-bond donors (Lipinski definition) is 2. The summed E-state index contributed by atoms with van der Waals surface area (Å²) in [5.74, 6) is 1.59. The van der Waals surface area contributed by atoms with Gasteiger partial charge in [-0.1, -0.05) is 6.07 Å². The first kappa shape index (κ1) is 17.4. The largest absolute Gasteiger partial charge is 0.504 e. The van der Waals surface area contributed by atoms with E-state index in [9.17, 15) is 9.90 Å². The molecular formula is C19H23N5O3. The molecule has 1 unspecified atom stereocenters. The summed E-state index contributed by atoms with van der Waals surface area (Å²) < 4.78 is 6.76. The number of phenolic OH excluding ortho intramolecular Hbond substituents is 1. The van der Waals surface area contributed by atoms with Crippen LogP contribution < -0.4 is 15.6 Å². The van der Waals surface area contributed by atoms with E-state index >= 15 is 0 Å². The number of ether oxygens (including phenoxy) is 1. The van der Waals surface area contributed by atoms with Crippen molar-refractivity contribution in [3.63, 3.8) is 0 Å². The fraction of sp³-hybridized carbons (Fsp3) is 0.421. The Morgan fingerprint density at radius 3 is 2.74 bits per heavy atom. The van der Waals surface area contributed by atoms with Crippen LogP contribution in [-0.2, 0) is 0 Å². The predicted octanol–water partition coefficient (Wildman–Crippen LogP) is 2.08. The van der Waals surface area contributed by atoms with Gasteiger partial charge < -0.3 is 14.7 Å². The number of fused-ring (bicyclic) bond motifs is 1. The lowest BCUT2D eigenvalue weighted by atomic mass is 10.1. The van der Waals surface area contributed by atoms with E-state index in [1.807, 2.05) is 0 Å². The molecule has 2 aliphatic heterocycles. The third kappa shape index (κ3) is 3.22. The van der Waals surface area contributed by atoms with Gasteiger partial charge in [-0.3, -0.25) is 14.7 Å². The van der Waals surface area contributed by atoms with E-state index in [4.69, 9.17) is 9.73 Å². The van der Waals surface area contributed by atoms with Crippen LogP contribution in [0.25, 0.3) is 0 Å². The summed E-state index contributed by atoms with van der Waals surface area (Å²) in [6.07, 6.45) is 2.88. The highest BCUT2D eigenvalue weighted by Crippen LogP contribution is 2.33. The maximum Gasteiger partial charge on any atom is 0.257 e. The molecule has 0 aliphatic carbocycles. The minimum absolute atomic E-state index is 0.0463. The van der Waals surface area contributed by atoms with Crippen LogP contribution in [-0.4, -0.2) is 45.7 Å². The minimum atomic E-state index is -0.576. The molecule has 3 heterocycles. The van der Waals surface area contributed by atoms with Gasteiger partial charge in [0.05, 0.1) is 7.11 Å². The molecule has 8 nitrogen and oxygen atoms in total. The standard InChI is InChI=1S/C19H23N5O3/c1-12-10-16(26)24-17(13-6-7-14(25)15(11-13)27-2)21-18(22-19(24)20-12)23-8-4-3-5-9-23/h6-7,10-11,17,25H,3-5,8-9H2,1-2H3,(H,20,21,22). The highest BCUT2D eigenvalue weighted by atomic mass is 16.5. The smallest absolute Gasteiger partial charge is 0.257 e. The number of benzene rings is 1. The summed E-state index contributed by atoms with van der Waals surface area (Å²) in [4.78, 5) is 24.2. The van der Waals surface area contributed by atoms with E-state index in [1.165, 1.54) is 24.2 Å². The Kier molecular flexibility index (Phi) is 4.47. The molecule has 1 saturated heterocycles. The lowest BCUT2D eigenvalue weighted by molar-refractivity contribution is 0.335. The Hall–Kier alpha value is -3.03. The quantitative estimate of drug-likeness (QED) is 0.842. The van der Waals surface area contributed by atoms with Crippen molar-refractivity contribution < 1.29 is 9.84 Å². The van der Waals surface area contributed by atoms with Crippen LogP contribution >= 0.6 is 0 Å². The zero-order valence-electron chi connectivity index (χ0n) is 15.5. The fourth-order valence-electron chi connectivity index (χ4n) is 3.58. The van der Waals surface area contributed by atoms with Gasteiger partial charge in [0.25, 0.3) is 5.56 Å². The van der Waals surface area contributed by atoms with Crippen LogP contribution in [0.5, 0.6) is 11.5 Å². The first-order chi connectivity index (χ1) is 13.1. The molecule has 8 heteroatoms. The molecule has 0 saturated carbocycles. The third-order valence-corrected chi connectivity index (χ3v) is 4.95. The number of likely N-dealkylation sites (tertiary alicyclic amines) is 1. The van der Waals surface area contributed by atoms with E-state index in [0.717, 1.165) is 37.5 Å². The zero-order valence-corrected chi connectivity index (χ0v) is 15.5. The molecule has 0 spiro atoms. The SMILES string of the molecule is COc1cc(C2N=C(N3CCCCC3)Nc3nc(C)cc(=O)n32)ccc1O. The number of phenols is 1. The number of aliphatic imine (C=N–C) groups is 1. The number of aryl methyl sites for hydroxylation is 1. The molecule has 1 atom stereocenters. The van der Waals surface area contributed by atoms with Crippen LogP contribution in [0.15, 0.2) is 34.1 Å². The molecule has 4 rings (SSSR count). The van der Waals surface area contributed by atoms with E-state index < -0.39 is 6.17 Å². The van der Waals surface area contributed by atoms with Crippen molar-refractivity contribution in [2.24, 2.45) is 4.99 Å². The molecule has 0 amide bonds. The number of rotatable bonds is 2. The maximum absolute atomic E-state index is 12.7. The number of aromatic hydroxyl groups is 1. The molecule has 27 heavy (non-hydrogen) atoms. The highest BCUT2D eigenvalue weighted by molar-refractivity contribution is 5.93. The van der Waals surface area contributed by atoms with Gasteiger partial charge in [0.15, 0.2) is 17.7 Å². The Morgan fingerprint density at radius 2 is 2.00 bits per heavy atom. The van der Waals surface area contributed by atoms with Gasteiger partial charge >= 0.3 is 0 Å². The van der Waals surface area contributed by atoms with Crippen LogP contribution in [0.1, 0.15) is 36.7 Å². The molecular weight excluding hydrogens is 346 g/mol. The molecule has 1 fully saturated rings. The van der Waals surface area contributed by atoms with Crippen LogP contribution in [0.4, 0.5) is 5.95 Å². The first-order valence-electron chi connectivity index (χ1n) is 9.13. The van der Waals surface area contributed by atoms with Gasteiger partial charge in [0.2, 0.25) is 11.9 Å². The Balaban J connectivity index is 1.84. The highest BCUT2D eigenvalue weighted by Gasteiger charge is 2.28. The molecule has 1 aromatic heterocycles. The van der Waals surface area contributed by atoms with Crippen molar-refractivity contribution >= 4 is 11.9 Å². The molecule has 142 valence electrons. The van der Waals surface area contributed by atoms with E-state index in [0.29, 0.717) is 17.4 Å². The summed E-state index contributed by atoms with van der Waals surface area (Å²) in [6, 6.07) is 6.51. The molecule has 2 aliphatic rings. The first-order valence-corrected chi connectivity index (χ1v) is 9.13. The Bertz CT molecular complexity index is 947. The molecule has 0 bridgehead atoms. The lowest BCUT2D eigenvalue weighted by Gasteiger charge is -2.34. The Morgan fingerprint density at radius 1 is 1.22 bits per heavy atom. The van der Waals surface area contributed by atoms with Crippen molar-refractivity contribution in [1.29, 1.82) is 0 Å². The zero-order chi connectivity index (χ0) is 19.0. The van der Waals surface area contributed by atoms with Gasteiger partial charge in [0.1, 0.15) is 0 Å². The summed E-state index contributed by atoms with van der Waals surface area (Å²) in [7, 11) is 1.49. The number of nitrogens with one attached hydrogen (secondary N) is 1. The van der Waals surface area contributed by atoms with Crippen LogP contribution in [0.2, 0.25) is 0 Å². The van der Waals surface area contributed by atoms with E-state index in [2.05, 4.69) is 15.2 Å². The van der Waals surface area contributed by atoms with E-state index in [1.54, 1.807) is 25.1 Å². The number of guanidine groups is 1. The average molecular weight is 369 g/mol. The van der Waals surface area contributed by atoms with Gasteiger partial charge in [-0.15, -0.1) is 0 Å². The number of methoxy groups -OCH3 is 1. The monoisotopic (exact) mass is 369 g/mol. The second-order valence-electron chi connectivity index (χ2n) is 6.86. The minimum Gasteiger partial charge on any atom is -0.504 e. The summed E-state index contributed by atoms with van der Waals surface area (Å²) in [5.41, 5.74) is 1.22. The number of aromatic nitrogens is 2. The van der Waals surface area contributed by atoms with E-state index in [-0.39, 0.29) is 11.3 Å². The molecule has 2 N–H and O–H groups in total. The summed E-state index contributed by atoms with van der Waals surface area (Å²) in [5, 5.41) is 13.1. The number of anilines is 1.